The molecule has 1 aliphatic carbocycles. The van der Waals surface area contributed by atoms with Crippen LogP contribution in [0.3, 0.4) is 0 Å². The second-order valence-electron chi connectivity index (χ2n) is 8.12. The van der Waals surface area contributed by atoms with Crippen LogP contribution >= 0.6 is 0 Å². The van der Waals surface area contributed by atoms with Crippen molar-refractivity contribution in [3.63, 3.8) is 0 Å². The van der Waals surface area contributed by atoms with Crippen molar-refractivity contribution < 1.29 is 13.0 Å². The van der Waals surface area contributed by atoms with E-state index in [1.54, 1.807) is 30.5 Å². The number of pyridine rings is 1. The van der Waals surface area contributed by atoms with Gasteiger partial charge in [0.25, 0.3) is 10.1 Å². The second kappa shape index (κ2) is 9.25. The average molecular weight is 483 g/mol. The number of aromatic nitrogens is 1. The van der Waals surface area contributed by atoms with Crippen LogP contribution in [0.25, 0.3) is 27.5 Å². The number of azo groups is 1. The maximum absolute atomic E-state index is 12.0. The first-order chi connectivity index (χ1) is 16.9. The summed E-state index contributed by atoms with van der Waals surface area (Å²) in [5.74, 6) is 0. The van der Waals surface area contributed by atoms with Crippen molar-refractivity contribution >= 4 is 43.5 Å². The normalized spacial score (nSPS) is 13.9. The lowest BCUT2D eigenvalue weighted by Gasteiger charge is -2.13. The van der Waals surface area contributed by atoms with Gasteiger partial charge < -0.3 is 5.73 Å². The summed E-state index contributed by atoms with van der Waals surface area (Å²) in [6.45, 7) is 0. The number of rotatable bonds is 5. The molecule has 0 saturated carbocycles. The molecule has 4 aromatic rings. The molecular weight excluding hydrogens is 460 g/mol. The van der Waals surface area contributed by atoms with Gasteiger partial charge in [0.2, 0.25) is 0 Å². The summed E-state index contributed by atoms with van der Waals surface area (Å²) in [6.07, 6.45) is 9.97. The van der Waals surface area contributed by atoms with Gasteiger partial charge in [-0.05, 0) is 36.1 Å². The van der Waals surface area contributed by atoms with Crippen molar-refractivity contribution in [2.75, 3.05) is 5.73 Å². The molecule has 0 amide bonds. The lowest BCUT2D eigenvalue weighted by atomic mass is 9.96. The Labute approximate surface area is 203 Å². The first-order valence-corrected chi connectivity index (χ1v) is 12.5. The number of nitrogens with two attached hydrogens (primary N) is 1. The van der Waals surface area contributed by atoms with Crippen LogP contribution in [-0.4, -0.2) is 18.0 Å². The maximum Gasteiger partial charge on any atom is 0.295 e. The third-order valence-corrected chi connectivity index (χ3v) is 6.70. The van der Waals surface area contributed by atoms with Crippen LogP contribution in [0.15, 0.2) is 106 Å². The van der Waals surface area contributed by atoms with E-state index in [1.807, 2.05) is 36.4 Å². The number of anilines is 1. The molecule has 0 atom stereocenters. The van der Waals surface area contributed by atoms with Gasteiger partial charge in [0.15, 0.2) is 0 Å². The fourth-order valence-electron chi connectivity index (χ4n) is 4.12. The van der Waals surface area contributed by atoms with Crippen LogP contribution in [0.2, 0.25) is 0 Å². The van der Waals surface area contributed by atoms with E-state index >= 15 is 0 Å². The standard InChI is InChI=1S/C27H22N4O3S/c28-26-22-14-8-7-13-21(22)25(35(32,33)34)16-24(26)31-30-20-15-23(18-9-3-1-4-10-18)27(29-17-20)19-11-5-2-6-12-19/h1,3-5,7-17H,2,6,28H2,(H,32,33,34). The Kier molecular flexibility index (Phi) is 5.98. The number of nitrogens with zero attached hydrogens (tertiary/aromatic N) is 3. The first-order valence-electron chi connectivity index (χ1n) is 11.0. The topological polar surface area (TPSA) is 118 Å². The van der Waals surface area contributed by atoms with Crippen molar-refractivity contribution in [3.8, 4) is 11.1 Å². The SMILES string of the molecule is Nc1c(N=Nc2cnc(C3=CCCC=C3)c(-c3ccccc3)c2)cc(S(=O)(=O)O)c2ccccc12. The van der Waals surface area contributed by atoms with Crippen molar-refractivity contribution in [1.29, 1.82) is 0 Å². The number of fused-ring (bicyclic) bond motifs is 1. The lowest BCUT2D eigenvalue weighted by molar-refractivity contribution is 0.484. The number of benzene rings is 3. The van der Waals surface area contributed by atoms with E-state index in [2.05, 4.69) is 33.4 Å². The van der Waals surface area contributed by atoms with Gasteiger partial charge in [0, 0.05) is 16.3 Å². The van der Waals surface area contributed by atoms with E-state index in [-0.39, 0.29) is 16.3 Å². The zero-order valence-corrected chi connectivity index (χ0v) is 19.5. The van der Waals surface area contributed by atoms with Gasteiger partial charge in [-0.3, -0.25) is 9.54 Å². The van der Waals surface area contributed by atoms with E-state index in [0.717, 1.165) is 35.2 Å². The molecule has 35 heavy (non-hydrogen) atoms. The Morgan fingerprint density at radius 1 is 0.914 bits per heavy atom. The van der Waals surface area contributed by atoms with Crippen molar-refractivity contribution in [1.82, 2.24) is 4.98 Å². The van der Waals surface area contributed by atoms with Crippen LogP contribution in [0.1, 0.15) is 18.5 Å². The van der Waals surface area contributed by atoms with E-state index in [9.17, 15) is 13.0 Å². The molecule has 0 radical (unpaired) electrons. The molecule has 0 unspecified atom stereocenters. The molecule has 5 rings (SSSR count). The largest absolute Gasteiger partial charge is 0.396 e. The first kappa shape index (κ1) is 22.6. The Hall–Kier alpha value is -4.14. The summed E-state index contributed by atoms with van der Waals surface area (Å²) >= 11 is 0. The highest BCUT2D eigenvalue weighted by Gasteiger charge is 2.18. The predicted molar refractivity (Wildman–Crippen MR) is 138 cm³/mol. The van der Waals surface area contributed by atoms with Crippen molar-refractivity contribution in [3.05, 3.63) is 96.8 Å². The summed E-state index contributed by atoms with van der Waals surface area (Å²) in [7, 11) is -4.49. The summed E-state index contributed by atoms with van der Waals surface area (Å²) in [5, 5.41) is 9.32. The minimum absolute atomic E-state index is 0.139. The molecule has 0 bridgehead atoms. The maximum atomic E-state index is 12.0. The van der Waals surface area contributed by atoms with Gasteiger partial charge >= 0.3 is 0 Å². The Morgan fingerprint density at radius 3 is 2.37 bits per heavy atom. The van der Waals surface area contributed by atoms with E-state index < -0.39 is 10.1 Å². The fraction of sp³-hybridized carbons (Fsp3) is 0.0741. The van der Waals surface area contributed by atoms with Crippen LogP contribution < -0.4 is 5.73 Å². The van der Waals surface area contributed by atoms with Gasteiger partial charge in [0.05, 0.1) is 17.6 Å². The Bertz CT molecular complexity index is 1630. The fourth-order valence-corrected chi connectivity index (χ4v) is 4.84. The summed E-state index contributed by atoms with van der Waals surface area (Å²) in [6, 6.07) is 19.7. The molecule has 0 saturated heterocycles. The van der Waals surface area contributed by atoms with E-state index in [1.165, 1.54) is 6.07 Å². The van der Waals surface area contributed by atoms with Crippen LogP contribution in [0.5, 0.6) is 0 Å². The summed E-state index contributed by atoms with van der Waals surface area (Å²) in [5.41, 5.74) is 11.0. The third-order valence-electron chi connectivity index (χ3n) is 5.80. The molecule has 7 nitrogen and oxygen atoms in total. The molecule has 0 spiro atoms. The van der Waals surface area contributed by atoms with Gasteiger partial charge in [-0.15, -0.1) is 10.2 Å². The minimum Gasteiger partial charge on any atom is -0.396 e. The molecule has 3 aromatic carbocycles. The van der Waals surface area contributed by atoms with Gasteiger partial charge in [-0.1, -0.05) is 72.8 Å². The van der Waals surface area contributed by atoms with E-state index in [4.69, 9.17) is 5.73 Å². The van der Waals surface area contributed by atoms with Crippen LogP contribution in [0.4, 0.5) is 17.1 Å². The molecule has 1 aromatic heterocycles. The molecule has 174 valence electrons. The zero-order valence-electron chi connectivity index (χ0n) is 18.7. The molecule has 3 N–H and O–H groups in total. The smallest absolute Gasteiger partial charge is 0.295 e. The Morgan fingerprint density at radius 2 is 1.66 bits per heavy atom. The highest BCUT2D eigenvalue weighted by atomic mass is 32.2. The monoisotopic (exact) mass is 482 g/mol. The van der Waals surface area contributed by atoms with Gasteiger partial charge in [-0.25, -0.2) is 0 Å². The average Bonchev–Trinajstić information content (AvgIpc) is 2.88. The Balaban J connectivity index is 1.61. The second-order valence-corrected chi connectivity index (χ2v) is 9.51. The molecule has 0 aliphatic heterocycles. The van der Waals surface area contributed by atoms with Crippen LogP contribution in [0, 0.1) is 0 Å². The third kappa shape index (κ3) is 4.62. The molecular formula is C27H22N4O3S. The summed E-state index contributed by atoms with van der Waals surface area (Å²) < 4.78 is 33.7. The number of allylic oxidation sites excluding steroid dienone is 4. The molecule has 0 fully saturated rings. The van der Waals surface area contributed by atoms with Crippen molar-refractivity contribution in [2.24, 2.45) is 10.2 Å². The van der Waals surface area contributed by atoms with Gasteiger partial charge in [-0.2, -0.15) is 8.42 Å². The molecule has 1 aliphatic rings. The zero-order chi connectivity index (χ0) is 24.4. The predicted octanol–water partition coefficient (Wildman–Crippen LogP) is 6.88. The molecule has 8 heteroatoms. The summed E-state index contributed by atoms with van der Waals surface area (Å²) in [4.78, 5) is 4.41. The van der Waals surface area contributed by atoms with Gasteiger partial charge in [0.1, 0.15) is 16.3 Å². The number of hydrogen-bond acceptors (Lipinski definition) is 6. The highest BCUT2D eigenvalue weighted by molar-refractivity contribution is 7.86. The lowest BCUT2D eigenvalue weighted by Crippen LogP contribution is -2.01. The number of nitrogen functional groups attached to an aromatic ring is 1. The van der Waals surface area contributed by atoms with Crippen molar-refractivity contribution in [2.45, 2.75) is 17.7 Å². The number of hydrogen-bond donors (Lipinski definition) is 2. The quantitative estimate of drug-likeness (QED) is 0.183. The minimum atomic E-state index is -4.49. The highest BCUT2D eigenvalue weighted by Crippen LogP contribution is 2.38. The van der Waals surface area contributed by atoms with E-state index in [0.29, 0.717) is 16.5 Å². The van der Waals surface area contributed by atoms with Crippen LogP contribution in [-0.2, 0) is 10.1 Å². The molecule has 1 heterocycles.